The maximum absolute atomic E-state index is 5.77. The number of nitrogens with two attached hydrogens (primary N) is 1. The van der Waals surface area contributed by atoms with E-state index in [9.17, 15) is 0 Å². The largest absolute Gasteiger partial charge is 0.324 e. The highest BCUT2D eigenvalue weighted by molar-refractivity contribution is 5.33. The highest BCUT2D eigenvalue weighted by Gasteiger charge is 2.11. The third-order valence-corrected chi connectivity index (χ3v) is 2.05. The molecule has 14 heavy (non-hydrogen) atoms. The molecule has 0 heterocycles. The Bertz CT molecular complexity index is 242. The zero-order valence-electron chi connectivity index (χ0n) is 10.0. The van der Waals surface area contributed by atoms with E-state index in [1.54, 1.807) is 0 Å². The van der Waals surface area contributed by atoms with Crippen LogP contribution in [-0.2, 0) is 0 Å². The van der Waals surface area contributed by atoms with Crippen molar-refractivity contribution in [2.45, 2.75) is 40.7 Å². The summed E-state index contributed by atoms with van der Waals surface area (Å²) in [6.45, 7) is 10.4. The Labute approximate surface area is 88.4 Å². The van der Waals surface area contributed by atoms with Gasteiger partial charge in [-0.05, 0) is 12.5 Å². The van der Waals surface area contributed by atoms with Gasteiger partial charge in [-0.3, -0.25) is 0 Å². The van der Waals surface area contributed by atoms with Crippen LogP contribution in [0.5, 0.6) is 0 Å². The predicted molar refractivity (Wildman–Crippen MR) is 65.1 cm³/mol. The molecule has 1 nitrogen and oxygen atoms in total. The van der Waals surface area contributed by atoms with Gasteiger partial charge in [-0.2, -0.15) is 0 Å². The molecule has 1 aliphatic rings. The van der Waals surface area contributed by atoms with E-state index >= 15 is 0 Å². The minimum Gasteiger partial charge on any atom is -0.324 e. The van der Waals surface area contributed by atoms with Gasteiger partial charge in [0.2, 0.25) is 0 Å². The molecular weight excluding hydrogens is 170 g/mol. The highest BCUT2D eigenvalue weighted by atomic mass is 14.6. The maximum atomic E-state index is 5.77. The molecule has 2 N–H and O–H groups in total. The van der Waals surface area contributed by atoms with Gasteiger partial charge in [0.15, 0.2) is 0 Å². The van der Waals surface area contributed by atoms with Gasteiger partial charge >= 0.3 is 0 Å². The van der Waals surface area contributed by atoms with E-state index in [1.165, 1.54) is 5.57 Å². The van der Waals surface area contributed by atoms with Gasteiger partial charge in [0.1, 0.15) is 0 Å². The van der Waals surface area contributed by atoms with Crippen LogP contribution >= 0.6 is 0 Å². The van der Waals surface area contributed by atoms with Crippen molar-refractivity contribution < 1.29 is 0 Å². The smallest absolute Gasteiger partial charge is 0.0265 e. The van der Waals surface area contributed by atoms with Crippen LogP contribution < -0.4 is 5.73 Å². The molecule has 1 aliphatic carbocycles. The Kier molecular flexibility index (Phi) is 5.47. The van der Waals surface area contributed by atoms with E-state index in [-0.39, 0.29) is 11.5 Å². The second-order valence-electron chi connectivity index (χ2n) is 3.97. The Balaban J connectivity index is 0.000000791. The zero-order chi connectivity index (χ0) is 11.2. The molecular formula is C13H23N. The fourth-order valence-corrected chi connectivity index (χ4v) is 1.13. The number of allylic oxidation sites excluding steroid dienone is 4. The predicted octanol–water partition coefficient (Wildman–Crippen LogP) is 3.44. The number of hydrogen-bond donors (Lipinski definition) is 1. The first-order valence-corrected chi connectivity index (χ1v) is 5.35. The van der Waals surface area contributed by atoms with E-state index in [1.807, 2.05) is 20.8 Å². The molecule has 0 radical (unpaired) electrons. The monoisotopic (exact) mass is 193 g/mol. The molecule has 0 aromatic rings. The lowest BCUT2D eigenvalue weighted by Gasteiger charge is -2.12. The van der Waals surface area contributed by atoms with Crippen molar-refractivity contribution in [2.75, 3.05) is 0 Å². The van der Waals surface area contributed by atoms with Crippen LogP contribution in [0.1, 0.15) is 34.6 Å². The van der Waals surface area contributed by atoms with Crippen molar-refractivity contribution in [1.82, 2.24) is 0 Å². The second kappa shape index (κ2) is 5.82. The fourth-order valence-electron chi connectivity index (χ4n) is 1.13. The Morgan fingerprint density at radius 2 is 1.79 bits per heavy atom. The molecule has 0 saturated heterocycles. The molecule has 1 unspecified atom stereocenters. The number of hydrogen-bond acceptors (Lipinski definition) is 1. The molecule has 1 rings (SSSR count). The van der Waals surface area contributed by atoms with Crippen molar-refractivity contribution in [3.63, 3.8) is 0 Å². The van der Waals surface area contributed by atoms with Gasteiger partial charge in [0.05, 0.1) is 0 Å². The summed E-state index contributed by atoms with van der Waals surface area (Å²) in [5.74, 6) is 0. The van der Waals surface area contributed by atoms with Crippen molar-refractivity contribution in [3.8, 4) is 0 Å². The Morgan fingerprint density at radius 3 is 2.29 bits per heavy atom. The molecule has 80 valence electrons. The Morgan fingerprint density at radius 1 is 1.21 bits per heavy atom. The summed E-state index contributed by atoms with van der Waals surface area (Å²) >= 11 is 0. The third kappa shape index (κ3) is 4.43. The summed E-state index contributed by atoms with van der Waals surface area (Å²) in [7, 11) is 0. The quantitative estimate of drug-likeness (QED) is 0.678. The summed E-state index contributed by atoms with van der Waals surface area (Å²) in [6.07, 6.45) is 10.6. The van der Waals surface area contributed by atoms with Crippen molar-refractivity contribution >= 4 is 0 Å². The molecule has 0 spiro atoms. The molecule has 0 aromatic carbocycles. The topological polar surface area (TPSA) is 26.0 Å². The third-order valence-electron chi connectivity index (χ3n) is 2.05. The van der Waals surface area contributed by atoms with Gasteiger partial charge in [-0.25, -0.2) is 0 Å². The summed E-state index contributed by atoms with van der Waals surface area (Å²) in [5.41, 5.74) is 7.12. The van der Waals surface area contributed by atoms with Crippen molar-refractivity contribution in [3.05, 3.63) is 36.0 Å². The minimum atomic E-state index is 0.125. The average molecular weight is 193 g/mol. The van der Waals surface area contributed by atoms with E-state index in [0.29, 0.717) is 0 Å². The van der Waals surface area contributed by atoms with E-state index in [0.717, 1.165) is 0 Å². The number of rotatable bonds is 1. The molecule has 0 amide bonds. The zero-order valence-corrected chi connectivity index (χ0v) is 10.0. The van der Waals surface area contributed by atoms with Crippen LogP contribution in [0.15, 0.2) is 36.0 Å². The summed E-state index contributed by atoms with van der Waals surface area (Å²) in [6, 6.07) is 0.125. The van der Waals surface area contributed by atoms with Crippen LogP contribution in [0.3, 0.4) is 0 Å². The standard InChI is InChI=1S/C11H17N.C2H6/c1-9(12)10-5-4-7-11(2,3)8-6-10;1-2/h4-9H,12H2,1-3H3;1-2H3. The van der Waals surface area contributed by atoms with Gasteiger partial charge in [-0.15, -0.1) is 0 Å². The van der Waals surface area contributed by atoms with Crippen LogP contribution in [-0.4, -0.2) is 6.04 Å². The van der Waals surface area contributed by atoms with Gasteiger partial charge in [-0.1, -0.05) is 58.1 Å². The summed E-state index contributed by atoms with van der Waals surface area (Å²) < 4.78 is 0. The van der Waals surface area contributed by atoms with Crippen LogP contribution in [0.2, 0.25) is 0 Å². The Hall–Kier alpha value is -0.820. The maximum Gasteiger partial charge on any atom is 0.0265 e. The van der Waals surface area contributed by atoms with Gasteiger partial charge in [0, 0.05) is 11.5 Å². The first kappa shape index (κ1) is 13.2. The normalized spacial score (nSPS) is 20.3. The lowest BCUT2D eigenvalue weighted by molar-refractivity contribution is 0.626. The van der Waals surface area contributed by atoms with Crippen LogP contribution in [0, 0.1) is 5.41 Å². The molecule has 0 aliphatic heterocycles. The molecule has 0 aromatic heterocycles. The van der Waals surface area contributed by atoms with Crippen molar-refractivity contribution in [1.29, 1.82) is 0 Å². The molecule has 0 fully saturated rings. The van der Waals surface area contributed by atoms with E-state index in [2.05, 4.69) is 44.2 Å². The van der Waals surface area contributed by atoms with Crippen molar-refractivity contribution in [2.24, 2.45) is 11.1 Å². The fraction of sp³-hybridized carbons (Fsp3) is 0.538. The van der Waals surface area contributed by atoms with Crippen LogP contribution in [0.4, 0.5) is 0 Å². The lowest BCUT2D eigenvalue weighted by Crippen LogP contribution is -2.16. The summed E-state index contributed by atoms with van der Waals surface area (Å²) in [5, 5.41) is 0. The SMILES string of the molecule is CC.CC(N)C1=CC=CC(C)(C)C=C1. The highest BCUT2D eigenvalue weighted by Crippen LogP contribution is 2.23. The summed E-state index contributed by atoms with van der Waals surface area (Å²) in [4.78, 5) is 0. The first-order valence-electron chi connectivity index (χ1n) is 5.35. The molecule has 1 atom stereocenters. The minimum absolute atomic E-state index is 0.125. The van der Waals surface area contributed by atoms with E-state index < -0.39 is 0 Å². The second-order valence-corrected chi connectivity index (χ2v) is 3.97. The molecule has 0 saturated carbocycles. The average Bonchev–Trinajstić information content (AvgIpc) is 2.30. The van der Waals surface area contributed by atoms with Crippen LogP contribution in [0.25, 0.3) is 0 Å². The van der Waals surface area contributed by atoms with Gasteiger partial charge < -0.3 is 5.73 Å². The molecule has 0 bridgehead atoms. The lowest BCUT2D eigenvalue weighted by atomic mass is 9.93. The van der Waals surface area contributed by atoms with Gasteiger partial charge in [0.25, 0.3) is 0 Å². The first-order chi connectivity index (χ1) is 6.51. The van der Waals surface area contributed by atoms with E-state index in [4.69, 9.17) is 5.73 Å². The molecule has 1 heteroatoms.